The summed E-state index contributed by atoms with van der Waals surface area (Å²) >= 11 is 5.72. The van der Waals surface area contributed by atoms with E-state index in [0.717, 1.165) is 5.56 Å². The highest BCUT2D eigenvalue weighted by molar-refractivity contribution is 8.00. The molecule has 0 unspecified atom stereocenters. The lowest BCUT2D eigenvalue weighted by Gasteiger charge is -2.10. The van der Waals surface area contributed by atoms with E-state index in [4.69, 9.17) is 11.6 Å². The van der Waals surface area contributed by atoms with Crippen molar-refractivity contribution in [1.29, 1.82) is 0 Å². The molecule has 0 N–H and O–H groups in total. The van der Waals surface area contributed by atoms with Gasteiger partial charge in [0, 0.05) is 9.92 Å². The van der Waals surface area contributed by atoms with Crippen molar-refractivity contribution in [3.8, 4) is 0 Å². The first kappa shape index (κ1) is 12.7. The van der Waals surface area contributed by atoms with E-state index in [-0.39, 0.29) is 22.6 Å². The number of rotatable bonds is 2. The number of benzene rings is 1. The predicted octanol–water partition coefficient (Wildman–Crippen LogP) is 5.08. The highest BCUT2D eigenvalue weighted by Crippen LogP contribution is 2.38. The van der Waals surface area contributed by atoms with Crippen molar-refractivity contribution in [2.75, 3.05) is 0 Å². The summed E-state index contributed by atoms with van der Waals surface area (Å²) in [6.45, 7) is 3.88. The zero-order valence-electron chi connectivity index (χ0n) is 8.23. The van der Waals surface area contributed by atoms with Crippen molar-refractivity contribution < 1.29 is 13.2 Å². The van der Waals surface area contributed by atoms with Crippen LogP contribution in [0.5, 0.6) is 0 Å². The van der Waals surface area contributed by atoms with Crippen LogP contribution in [0.4, 0.5) is 13.2 Å². The van der Waals surface area contributed by atoms with Gasteiger partial charge in [0.2, 0.25) is 0 Å². The molecule has 0 bridgehead atoms. The lowest BCUT2D eigenvalue weighted by Crippen LogP contribution is -1.99. The smallest absolute Gasteiger partial charge is 0.160 e. The number of thioether (sulfide) groups is 1. The van der Waals surface area contributed by atoms with Gasteiger partial charge in [-0.25, -0.2) is 0 Å². The van der Waals surface area contributed by atoms with Crippen LogP contribution in [0.1, 0.15) is 25.3 Å². The second-order valence-corrected chi connectivity index (χ2v) is 4.93. The highest BCUT2D eigenvalue weighted by atomic mass is 35.5. The van der Waals surface area contributed by atoms with Gasteiger partial charge in [0.1, 0.15) is 0 Å². The van der Waals surface area contributed by atoms with Gasteiger partial charge >= 0.3 is 5.51 Å². The van der Waals surface area contributed by atoms with Crippen LogP contribution in [0, 0.1) is 0 Å². The van der Waals surface area contributed by atoms with E-state index in [1.807, 2.05) is 13.8 Å². The Kier molecular flexibility index (Phi) is 3.95. The molecular formula is C10H10ClF3S. The molecule has 0 radical (unpaired) electrons. The van der Waals surface area contributed by atoms with E-state index >= 15 is 0 Å². The topological polar surface area (TPSA) is 0 Å². The number of halogens is 4. The molecule has 0 aliphatic carbocycles. The zero-order valence-corrected chi connectivity index (χ0v) is 9.80. The van der Waals surface area contributed by atoms with Crippen molar-refractivity contribution in [3.63, 3.8) is 0 Å². The van der Waals surface area contributed by atoms with Crippen LogP contribution >= 0.6 is 23.4 Å². The Hall–Kier alpha value is -0.350. The minimum atomic E-state index is -4.26. The van der Waals surface area contributed by atoms with Crippen LogP contribution < -0.4 is 0 Å². The average Bonchev–Trinajstić information content (AvgIpc) is 1.99. The van der Waals surface area contributed by atoms with Crippen LogP contribution in [0.25, 0.3) is 0 Å². The quantitative estimate of drug-likeness (QED) is 0.664. The van der Waals surface area contributed by atoms with Crippen molar-refractivity contribution >= 4 is 23.4 Å². The van der Waals surface area contributed by atoms with Crippen molar-refractivity contribution in [3.05, 3.63) is 28.8 Å². The van der Waals surface area contributed by atoms with E-state index < -0.39 is 5.51 Å². The second-order valence-electron chi connectivity index (χ2n) is 3.39. The number of hydrogen-bond donors (Lipinski definition) is 0. The van der Waals surface area contributed by atoms with Crippen LogP contribution in [0.15, 0.2) is 23.1 Å². The molecule has 0 atom stereocenters. The van der Waals surface area contributed by atoms with Crippen molar-refractivity contribution in [2.24, 2.45) is 0 Å². The largest absolute Gasteiger partial charge is 0.446 e. The Morgan fingerprint density at radius 2 is 1.87 bits per heavy atom. The molecule has 0 nitrogen and oxygen atoms in total. The second kappa shape index (κ2) is 4.66. The first-order chi connectivity index (χ1) is 6.79. The van der Waals surface area contributed by atoms with E-state index in [1.165, 1.54) is 12.1 Å². The van der Waals surface area contributed by atoms with Gasteiger partial charge in [-0.05, 0) is 35.4 Å². The summed E-state index contributed by atoms with van der Waals surface area (Å²) in [5, 5.41) is 0.388. The maximum atomic E-state index is 12.1. The van der Waals surface area contributed by atoms with Crippen LogP contribution in [0.2, 0.25) is 5.02 Å². The Balaban J connectivity index is 2.92. The maximum Gasteiger partial charge on any atom is 0.446 e. The third-order valence-corrected chi connectivity index (χ3v) is 2.88. The first-order valence-electron chi connectivity index (χ1n) is 4.35. The van der Waals surface area contributed by atoms with Gasteiger partial charge in [0.05, 0.1) is 0 Å². The summed E-state index contributed by atoms with van der Waals surface area (Å²) in [7, 11) is 0. The van der Waals surface area contributed by atoms with Gasteiger partial charge in [-0.15, -0.1) is 0 Å². The average molecular weight is 255 g/mol. The van der Waals surface area contributed by atoms with Gasteiger partial charge in [-0.3, -0.25) is 0 Å². The molecule has 0 heterocycles. The molecule has 0 aliphatic heterocycles. The fourth-order valence-electron chi connectivity index (χ4n) is 1.17. The predicted molar refractivity (Wildman–Crippen MR) is 57.5 cm³/mol. The number of alkyl halides is 3. The molecule has 0 aliphatic rings. The van der Waals surface area contributed by atoms with Crippen LogP contribution in [-0.4, -0.2) is 5.51 Å². The third-order valence-electron chi connectivity index (χ3n) is 1.83. The SMILES string of the molecule is CC(C)c1ccc(SC(F)(F)F)cc1Cl. The van der Waals surface area contributed by atoms with E-state index in [0.29, 0.717) is 5.02 Å². The molecule has 1 aromatic rings. The molecule has 15 heavy (non-hydrogen) atoms. The van der Waals surface area contributed by atoms with Gasteiger partial charge in [-0.1, -0.05) is 31.5 Å². The standard InChI is InChI=1S/C10H10ClF3S/c1-6(2)8-4-3-7(5-9(8)11)15-10(12,13)14/h3-6H,1-2H3. The van der Waals surface area contributed by atoms with Crippen molar-refractivity contribution in [1.82, 2.24) is 0 Å². The van der Waals surface area contributed by atoms with E-state index in [1.54, 1.807) is 6.07 Å². The summed E-state index contributed by atoms with van der Waals surface area (Å²) in [4.78, 5) is 0.122. The zero-order chi connectivity index (χ0) is 11.6. The molecule has 0 fully saturated rings. The highest BCUT2D eigenvalue weighted by Gasteiger charge is 2.29. The van der Waals surface area contributed by atoms with Crippen molar-refractivity contribution in [2.45, 2.75) is 30.2 Å². The molecule has 1 aromatic carbocycles. The van der Waals surface area contributed by atoms with Gasteiger partial charge < -0.3 is 0 Å². The Labute approximate surface area is 95.8 Å². The molecule has 0 saturated heterocycles. The van der Waals surface area contributed by atoms with Gasteiger partial charge in [-0.2, -0.15) is 13.2 Å². The van der Waals surface area contributed by atoms with E-state index in [9.17, 15) is 13.2 Å². The molecule has 5 heteroatoms. The Morgan fingerprint density at radius 3 is 2.27 bits per heavy atom. The fraction of sp³-hybridized carbons (Fsp3) is 0.400. The normalized spacial score (nSPS) is 12.2. The molecule has 0 aromatic heterocycles. The summed E-state index contributed by atoms with van der Waals surface area (Å²) < 4.78 is 36.2. The molecule has 84 valence electrons. The van der Waals surface area contributed by atoms with E-state index in [2.05, 4.69) is 0 Å². The first-order valence-corrected chi connectivity index (χ1v) is 5.54. The van der Waals surface area contributed by atoms with Crippen LogP contribution in [0.3, 0.4) is 0 Å². The minimum absolute atomic E-state index is 0.122. The summed E-state index contributed by atoms with van der Waals surface area (Å²) in [5.41, 5.74) is -3.40. The molecule has 0 amide bonds. The summed E-state index contributed by atoms with van der Waals surface area (Å²) in [6, 6.07) is 4.44. The molecule has 0 saturated carbocycles. The fourth-order valence-corrected chi connectivity index (χ4v) is 2.22. The van der Waals surface area contributed by atoms with Crippen LogP contribution in [-0.2, 0) is 0 Å². The van der Waals surface area contributed by atoms with Gasteiger partial charge in [0.15, 0.2) is 0 Å². The molecule has 1 rings (SSSR count). The Bertz CT molecular complexity index is 347. The summed E-state index contributed by atoms with van der Waals surface area (Å²) in [5.74, 6) is 0.211. The third kappa shape index (κ3) is 3.95. The lowest BCUT2D eigenvalue weighted by molar-refractivity contribution is -0.0328. The van der Waals surface area contributed by atoms with Gasteiger partial charge in [0.25, 0.3) is 0 Å². The molecule has 0 spiro atoms. The maximum absolute atomic E-state index is 12.1. The summed E-state index contributed by atoms with van der Waals surface area (Å²) in [6.07, 6.45) is 0. The Morgan fingerprint density at radius 1 is 1.27 bits per heavy atom. The lowest BCUT2D eigenvalue weighted by atomic mass is 10.0. The number of hydrogen-bond acceptors (Lipinski definition) is 1. The monoisotopic (exact) mass is 254 g/mol. The molecular weight excluding hydrogens is 245 g/mol. The minimum Gasteiger partial charge on any atom is -0.160 e.